The number of hydrogen-bond acceptors (Lipinski definition) is 4. The second kappa shape index (κ2) is 10.0. The highest BCUT2D eigenvalue weighted by molar-refractivity contribution is 5.79. The molecule has 1 aliphatic rings. The zero-order valence-electron chi connectivity index (χ0n) is 13.1. The van der Waals surface area contributed by atoms with Crippen molar-refractivity contribution in [3.63, 3.8) is 0 Å². The fourth-order valence-electron chi connectivity index (χ4n) is 2.99. The highest BCUT2D eigenvalue weighted by Gasteiger charge is 2.33. The number of rotatable bonds is 10. The monoisotopic (exact) mass is 282 g/mol. The minimum Gasteiger partial charge on any atom is -0.378 e. The molecular weight excluding hydrogens is 252 g/mol. The molecule has 0 amide bonds. The molecule has 1 rings (SSSR count). The van der Waals surface area contributed by atoms with Crippen LogP contribution in [0.25, 0.3) is 0 Å². The van der Waals surface area contributed by atoms with Crippen LogP contribution in [-0.4, -0.2) is 24.5 Å². The van der Waals surface area contributed by atoms with Gasteiger partial charge in [-0.1, -0.05) is 39.0 Å². The SMILES string of the molecule is CCCCCCCCOC1CCC(N=N)C(C(C)=O)C1. The summed E-state index contributed by atoms with van der Waals surface area (Å²) < 4.78 is 5.91. The molecule has 1 N–H and O–H groups in total. The predicted octanol–water partition coefficient (Wildman–Crippen LogP) is 4.52. The van der Waals surface area contributed by atoms with Crippen molar-refractivity contribution in [3.05, 3.63) is 0 Å². The maximum atomic E-state index is 11.6. The van der Waals surface area contributed by atoms with E-state index in [1.807, 2.05) is 0 Å². The number of ketones is 1. The molecule has 0 bridgehead atoms. The number of Topliss-reactive ketones (excluding diaryl/α,β-unsaturated/α-hetero) is 1. The van der Waals surface area contributed by atoms with E-state index in [1.165, 1.54) is 32.1 Å². The molecule has 4 heteroatoms. The number of carbonyl (C=O) groups is 1. The lowest BCUT2D eigenvalue weighted by molar-refractivity contribution is -0.124. The Morgan fingerprint density at radius 1 is 1.20 bits per heavy atom. The number of nitrogens with one attached hydrogen (secondary N) is 1. The maximum Gasteiger partial charge on any atom is 0.135 e. The van der Waals surface area contributed by atoms with Crippen molar-refractivity contribution < 1.29 is 9.53 Å². The number of nitrogens with zero attached hydrogens (tertiary/aromatic N) is 1. The first-order valence-corrected chi connectivity index (χ1v) is 8.17. The third kappa shape index (κ3) is 6.12. The predicted molar refractivity (Wildman–Crippen MR) is 80.1 cm³/mol. The summed E-state index contributed by atoms with van der Waals surface area (Å²) in [6.07, 6.45) is 10.3. The maximum absolute atomic E-state index is 11.6. The first-order valence-electron chi connectivity index (χ1n) is 8.17. The van der Waals surface area contributed by atoms with Gasteiger partial charge in [0, 0.05) is 12.5 Å². The molecule has 0 radical (unpaired) electrons. The lowest BCUT2D eigenvalue weighted by Crippen LogP contribution is -2.36. The summed E-state index contributed by atoms with van der Waals surface area (Å²) in [7, 11) is 0. The van der Waals surface area contributed by atoms with Crippen LogP contribution >= 0.6 is 0 Å². The van der Waals surface area contributed by atoms with Crippen LogP contribution in [0.15, 0.2) is 5.11 Å². The van der Waals surface area contributed by atoms with Gasteiger partial charge in [0.25, 0.3) is 0 Å². The van der Waals surface area contributed by atoms with Gasteiger partial charge >= 0.3 is 0 Å². The molecule has 20 heavy (non-hydrogen) atoms. The quantitative estimate of drug-likeness (QED) is 0.473. The summed E-state index contributed by atoms with van der Waals surface area (Å²) in [5.74, 6) is 0.0506. The fraction of sp³-hybridized carbons (Fsp3) is 0.938. The number of ether oxygens (including phenoxy) is 1. The number of carbonyl (C=O) groups excluding carboxylic acids is 1. The van der Waals surface area contributed by atoms with Crippen LogP contribution in [0.2, 0.25) is 0 Å². The average molecular weight is 282 g/mol. The summed E-state index contributed by atoms with van der Waals surface area (Å²) in [4.78, 5) is 11.6. The van der Waals surface area contributed by atoms with Crippen molar-refractivity contribution in [1.29, 1.82) is 5.53 Å². The van der Waals surface area contributed by atoms with Crippen LogP contribution in [0, 0.1) is 11.4 Å². The van der Waals surface area contributed by atoms with E-state index >= 15 is 0 Å². The van der Waals surface area contributed by atoms with Gasteiger partial charge < -0.3 is 4.74 Å². The van der Waals surface area contributed by atoms with E-state index in [-0.39, 0.29) is 23.8 Å². The Hall–Kier alpha value is -0.770. The zero-order chi connectivity index (χ0) is 14.8. The van der Waals surface area contributed by atoms with Gasteiger partial charge in [0.1, 0.15) is 5.78 Å². The normalized spacial score (nSPS) is 26.4. The highest BCUT2D eigenvalue weighted by Crippen LogP contribution is 2.29. The third-order valence-electron chi connectivity index (χ3n) is 4.31. The van der Waals surface area contributed by atoms with E-state index in [4.69, 9.17) is 10.3 Å². The standard InChI is InChI=1S/C16H30N2O2/c1-3-4-5-6-7-8-11-20-14-9-10-16(18-17)15(12-14)13(2)19/h14-17H,3-12H2,1-2H3. The molecule has 0 heterocycles. The largest absolute Gasteiger partial charge is 0.378 e. The zero-order valence-corrected chi connectivity index (χ0v) is 13.1. The summed E-state index contributed by atoms with van der Waals surface area (Å²) in [6.45, 7) is 4.65. The van der Waals surface area contributed by atoms with E-state index in [1.54, 1.807) is 6.92 Å². The molecule has 116 valence electrons. The summed E-state index contributed by atoms with van der Waals surface area (Å²) in [5, 5.41) is 3.60. The Bertz CT molecular complexity index is 294. The summed E-state index contributed by atoms with van der Waals surface area (Å²) in [6, 6.07) is -0.110. The molecule has 3 atom stereocenters. The molecule has 1 fully saturated rings. The first kappa shape index (κ1) is 17.3. The third-order valence-corrected chi connectivity index (χ3v) is 4.31. The average Bonchev–Trinajstić information content (AvgIpc) is 2.46. The van der Waals surface area contributed by atoms with Gasteiger partial charge in [-0.2, -0.15) is 5.11 Å². The van der Waals surface area contributed by atoms with Gasteiger partial charge in [0.05, 0.1) is 12.1 Å². The lowest BCUT2D eigenvalue weighted by atomic mass is 9.81. The second-order valence-electron chi connectivity index (χ2n) is 5.99. The molecule has 0 aromatic carbocycles. The highest BCUT2D eigenvalue weighted by atomic mass is 16.5. The Morgan fingerprint density at radius 3 is 2.55 bits per heavy atom. The van der Waals surface area contributed by atoms with E-state index in [0.29, 0.717) is 0 Å². The minimum atomic E-state index is -0.110. The van der Waals surface area contributed by atoms with E-state index < -0.39 is 0 Å². The number of unbranched alkanes of at least 4 members (excludes halogenated alkanes) is 5. The summed E-state index contributed by atoms with van der Waals surface area (Å²) >= 11 is 0. The van der Waals surface area contributed by atoms with Crippen molar-refractivity contribution in [2.75, 3.05) is 6.61 Å². The van der Waals surface area contributed by atoms with Crippen LogP contribution in [0.3, 0.4) is 0 Å². The van der Waals surface area contributed by atoms with Crippen molar-refractivity contribution in [2.45, 2.75) is 83.8 Å². The first-order chi connectivity index (χ1) is 9.69. The topological polar surface area (TPSA) is 62.5 Å². The Kier molecular flexibility index (Phi) is 8.67. The van der Waals surface area contributed by atoms with Crippen LogP contribution in [0.1, 0.15) is 71.6 Å². The van der Waals surface area contributed by atoms with Gasteiger partial charge in [-0.15, -0.1) is 0 Å². The van der Waals surface area contributed by atoms with Gasteiger partial charge in [-0.05, 0) is 32.6 Å². The van der Waals surface area contributed by atoms with Gasteiger partial charge in [-0.3, -0.25) is 4.79 Å². The van der Waals surface area contributed by atoms with Crippen molar-refractivity contribution in [1.82, 2.24) is 0 Å². The Labute approximate surface area is 123 Å². The van der Waals surface area contributed by atoms with Crippen LogP contribution in [0.4, 0.5) is 0 Å². The van der Waals surface area contributed by atoms with Gasteiger partial charge in [-0.25, -0.2) is 5.53 Å². The molecule has 0 aromatic rings. The van der Waals surface area contributed by atoms with Gasteiger partial charge in [0.15, 0.2) is 0 Å². The minimum absolute atomic E-state index is 0.101. The van der Waals surface area contributed by atoms with Crippen molar-refractivity contribution >= 4 is 5.78 Å². The lowest BCUT2D eigenvalue weighted by Gasteiger charge is -2.31. The van der Waals surface area contributed by atoms with Crippen LogP contribution in [0.5, 0.6) is 0 Å². The van der Waals surface area contributed by atoms with E-state index in [9.17, 15) is 4.79 Å². The second-order valence-corrected chi connectivity index (χ2v) is 5.99. The van der Waals surface area contributed by atoms with E-state index in [0.717, 1.165) is 32.3 Å². The molecule has 0 spiro atoms. The van der Waals surface area contributed by atoms with Gasteiger partial charge in [0.2, 0.25) is 0 Å². The molecule has 0 aliphatic heterocycles. The Morgan fingerprint density at radius 2 is 1.90 bits per heavy atom. The molecular formula is C16H30N2O2. The molecule has 0 saturated heterocycles. The molecule has 4 nitrogen and oxygen atoms in total. The molecule has 3 unspecified atom stereocenters. The molecule has 1 aliphatic carbocycles. The molecule has 0 aromatic heterocycles. The summed E-state index contributed by atoms with van der Waals surface area (Å²) in [5.41, 5.74) is 7.17. The van der Waals surface area contributed by atoms with Crippen molar-refractivity contribution in [2.24, 2.45) is 11.0 Å². The van der Waals surface area contributed by atoms with Crippen molar-refractivity contribution in [3.8, 4) is 0 Å². The Balaban J connectivity index is 2.15. The van der Waals surface area contributed by atoms with E-state index in [2.05, 4.69) is 12.0 Å². The van der Waals surface area contributed by atoms with Crippen LogP contribution in [-0.2, 0) is 9.53 Å². The fourth-order valence-corrected chi connectivity index (χ4v) is 2.99. The number of hydrogen-bond donors (Lipinski definition) is 1. The molecule has 1 saturated carbocycles. The smallest absolute Gasteiger partial charge is 0.135 e. The van der Waals surface area contributed by atoms with Crippen LogP contribution < -0.4 is 0 Å².